The van der Waals surface area contributed by atoms with Crippen LogP contribution in [-0.4, -0.2) is 9.55 Å². The van der Waals surface area contributed by atoms with Crippen molar-refractivity contribution in [1.29, 1.82) is 5.26 Å². The van der Waals surface area contributed by atoms with Crippen molar-refractivity contribution in [2.24, 2.45) is 0 Å². The summed E-state index contributed by atoms with van der Waals surface area (Å²) in [4.78, 5) is 19.6. The summed E-state index contributed by atoms with van der Waals surface area (Å²) < 4.78 is 1.73. The van der Waals surface area contributed by atoms with Gasteiger partial charge < -0.3 is 0 Å². The van der Waals surface area contributed by atoms with E-state index in [-0.39, 0.29) is 5.56 Å². The molecule has 3 aromatic carbocycles. The Morgan fingerprint density at radius 3 is 2.53 bits per heavy atom. The number of fused-ring (bicyclic) bond motifs is 1. The average molecular weight is 434 g/mol. The molecular formula is C27H19N3OS. The smallest absolute Gasteiger partial charge is 0.263 e. The van der Waals surface area contributed by atoms with Crippen LogP contribution < -0.4 is 5.56 Å². The molecule has 0 atom stereocenters. The Morgan fingerprint density at radius 2 is 1.75 bits per heavy atom. The van der Waals surface area contributed by atoms with Crippen LogP contribution in [-0.2, 0) is 6.54 Å². The first-order valence-electron chi connectivity index (χ1n) is 10.3. The van der Waals surface area contributed by atoms with Crippen molar-refractivity contribution in [3.63, 3.8) is 0 Å². The predicted molar refractivity (Wildman–Crippen MR) is 130 cm³/mol. The standard InChI is InChI=1S/C27H19N3OS/c1-18-7-5-12-22(13-18)25-29-26-24(23(17-32-26)21-10-3-2-4-11-21)27(31)30(25)16-20-9-6-8-19(14-20)15-28/h2-14,17H,16H2,1H3. The van der Waals surface area contributed by atoms with E-state index in [4.69, 9.17) is 4.98 Å². The maximum absolute atomic E-state index is 13.9. The third-order valence-corrected chi connectivity index (χ3v) is 6.32. The maximum Gasteiger partial charge on any atom is 0.263 e. The van der Waals surface area contributed by atoms with E-state index >= 15 is 0 Å². The van der Waals surface area contributed by atoms with E-state index in [9.17, 15) is 10.1 Å². The van der Waals surface area contributed by atoms with Gasteiger partial charge in [-0.15, -0.1) is 11.3 Å². The molecule has 0 radical (unpaired) electrons. The Bertz CT molecular complexity index is 1540. The van der Waals surface area contributed by atoms with Gasteiger partial charge in [-0.1, -0.05) is 66.2 Å². The van der Waals surface area contributed by atoms with Crippen LogP contribution >= 0.6 is 11.3 Å². The summed E-state index contributed by atoms with van der Waals surface area (Å²) in [5.41, 5.74) is 5.28. The SMILES string of the molecule is Cc1cccc(-c2nc3scc(-c4ccccc4)c3c(=O)n2Cc2cccc(C#N)c2)c1. The third kappa shape index (κ3) is 3.62. The van der Waals surface area contributed by atoms with Crippen molar-refractivity contribution >= 4 is 21.6 Å². The Labute approximate surface area is 189 Å². The normalized spacial score (nSPS) is 10.9. The van der Waals surface area contributed by atoms with Crippen LogP contribution in [0.4, 0.5) is 0 Å². The highest BCUT2D eigenvalue weighted by Crippen LogP contribution is 2.32. The highest BCUT2D eigenvalue weighted by atomic mass is 32.1. The molecule has 2 heterocycles. The highest BCUT2D eigenvalue weighted by Gasteiger charge is 2.18. The Hall–Kier alpha value is -4.01. The quantitative estimate of drug-likeness (QED) is 0.348. The summed E-state index contributed by atoms with van der Waals surface area (Å²) in [7, 11) is 0. The number of nitriles is 1. The second kappa shape index (κ2) is 8.26. The van der Waals surface area contributed by atoms with Gasteiger partial charge in [-0.25, -0.2) is 4.98 Å². The van der Waals surface area contributed by atoms with Crippen molar-refractivity contribution in [2.45, 2.75) is 13.5 Å². The fourth-order valence-corrected chi connectivity index (χ4v) is 4.87. The van der Waals surface area contributed by atoms with Crippen LogP contribution in [0.5, 0.6) is 0 Å². The van der Waals surface area contributed by atoms with Crippen molar-refractivity contribution in [1.82, 2.24) is 9.55 Å². The molecule has 5 rings (SSSR count). The summed E-state index contributed by atoms with van der Waals surface area (Å²) in [5, 5.41) is 11.9. The molecule has 32 heavy (non-hydrogen) atoms. The van der Waals surface area contributed by atoms with Gasteiger partial charge in [-0.3, -0.25) is 9.36 Å². The van der Waals surface area contributed by atoms with Crippen molar-refractivity contribution in [2.75, 3.05) is 0 Å². The van der Waals surface area contributed by atoms with Gasteiger partial charge in [0.25, 0.3) is 5.56 Å². The predicted octanol–water partition coefficient (Wildman–Crippen LogP) is 6.02. The summed E-state index contributed by atoms with van der Waals surface area (Å²) in [6.45, 7) is 2.37. The van der Waals surface area contributed by atoms with Gasteiger partial charge >= 0.3 is 0 Å². The van der Waals surface area contributed by atoms with Crippen molar-refractivity contribution in [3.05, 3.63) is 111 Å². The first-order valence-corrected chi connectivity index (χ1v) is 11.2. The number of hydrogen-bond donors (Lipinski definition) is 0. The van der Waals surface area contributed by atoms with Crippen molar-refractivity contribution < 1.29 is 0 Å². The lowest BCUT2D eigenvalue weighted by Crippen LogP contribution is -2.24. The van der Waals surface area contributed by atoms with Crippen LogP contribution in [0.3, 0.4) is 0 Å². The molecule has 154 valence electrons. The minimum Gasteiger partial charge on any atom is -0.288 e. The van der Waals surface area contributed by atoms with Gasteiger partial charge in [-0.05, 0) is 36.2 Å². The van der Waals surface area contributed by atoms with E-state index in [1.807, 2.05) is 85.1 Å². The van der Waals surface area contributed by atoms with Crippen LogP contribution in [0.2, 0.25) is 0 Å². The molecule has 0 aliphatic rings. The fraction of sp³-hybridized carbons (Fsp3) is 0.0741. The van der Waals surface area contributed by atoms with Crippen LogP contribution in [0.25, 0.3) is 32.7 Å². The van der Waals surface area contributed by atoms with E-state index in [1.54, 1.807) is 10.6 Å². The van der Waals surface area contributed by atoms with Gasteiger partial charge in [0.15, 0.2) is 0 Å². The molecule has 0 spiro atoms. The number of thiophene rings is 1. The molecule has 0 N–H and O–H groups in total. The van der Waals surface area contributed by atoms with Gasteiger partial charge in [0.1, 0.15) is 10.7 Å². The molecule has 0 unspecified atom stereocenters. The number of rotatable bonds is 4. The zero-order chi connectivity index (χ0) is 22.1. The first kappa shape index (κ1) is 19.9. The number of benzene rings is 3. The molecule has 0 saturated carbocycles. The van der Waals surface area contributed by atoms with E-state index < -0.39 is 0 Å². The largest absolute Gasteiger partial charge is 0.288 e. The lowest BCUT2D eigenvalue weighted by Gasteiger charge is -2.14. The van der Waals surface area contributed by atoms with E-state index in [1.165, 1.54) is 11.3 Å². The molecule has 2 aromatic heterocycles. The minimum atomic E-state index is -0.0750. The van der Waals surface area contributed by atoms with Gasteiger partial charge in [0.05, 0.1) is 23.6 Å². The van der Waals surface area contributed by atoms with Crippen molar-refractivity contribution in [3.8, 4) is 28.6 Å². The lowest BCUT2D eigenvalue weighted by molar-refractivity contribution is 0.760. The molecule has 0 amide bonds. The molecule has 0 bridgehead atoms. The van der Waals surface area contributed by atoms with Crippen LogP contribution in [0.1, 0.15) is 16.7 Å². The zero-order valence-electron chi connectivity index (χ0n) is 17.4. The summed E-state index contributed by atoms with van der Waals surface area (Å²) in [5.74, 6) is 0.634. The third-order valence-electron chi connectivity index (χ3n) is 5.45. The number of hydrogen-bond acceptors (Lipinski definition) is 4. The molecular weight excluding hydrogens is 414 g/mol. The van der Waals surface area contributed by atoms with Crippen LogP contribution in [0, 0.1) is 18.3 Å². The topological polar surface area (TPSA) is 58.7 Å². The molecule has 5 heteroatoms. The Balaban J connectivity index is 1.77. The summed E-state index contributed by atoms with van der Waals surface area (Å²) in [6.07, 6.45) is 0. The van der Waals surface area contributed by atoms with E-state index in [0.717, 1.165) is 32.6 Å². The molecule has 0 fully saturated rings. The summed E-state index contributed by atoms with van der Waals surface area (Å²) in [6, 6.07) is 27.5. The van der Waals surface area contributed by atoms with E-state index in [0.29, 0.717) is 23.3 Å². The fourth-order valence-electron chi connectivity index (χ4n) is 3.93. The number of aromatic nitrogens is 2. The highest BCUT2D eigenvalue weighted by molar-refractivity contribution is 7.17. The second-order valence-corrected chi connectivity index (χ2v) is 8.56. The molecule has 4 nitrogen and oxygen atoms in total. The van der Waals surface area contributed by atoms with Gasteiger partial charge in [0.2, 0.25) is 0 Å². The Kier molecular flexibility index (Phi) is 5.14. The molecule has 0 saturated heterocycles. The zero-order valence-corrected chi connectivity index (χ0v) is 18.3. The summed E-state index contributed by atoms with van der Waals surface area (Å²) >= 11 is 1.49. The average Bonchev–Trinajstić information content (AvgIpc) is 3.26. The monoisotopic (exact) mass is 433 g/mol. The van der Waals surface area contributed by atoms with Gasteiger partial charge in [-0.2, -0.15) is 5.26 Å². The maximum atomic E-state index is 13.9. The molecule has 0 aliphatic heterocycles. The lowest BCUT2D eigenvalue weighted by atomic mass is 10.1. The Morgan fingerprint density at radius 1 is 0.969 bits per heavy atom. The minimum absolute atomic E-state index is 0.0750. The van der Waals surface area contributed by atoms with Crippen LogP contribution in [0.15, 0.2) is 89.0 Å². The molecule has 0 aliphatic carbocycles. The number of nitrogens with zero attached hydrogens (tertiary/aromatic N) is 3. The van der Waals surface area contributed by atoms with E-state index in [2.05, 4.69) is 6.07 Å². The van der Waals surface area contributed by atoms with Gasteiger partial charge in [0, 0.05) is 16.5 Å². The first-order chi connectivity index (χ1) is 15.6. The second-order valence-electron chi connectivity index (χ2n) is 7.70. The number of aryl methyl sites for hydroxylation is 1. The molecule has 5 aromatic rings.